The predicted molar refractivity (Wildman–Crippen MR) is 357 cm³/mol. The fraction of sp³-hybridized carbons (Fsp3) is 0. The van der Waals surface area contributed by atoms with Gasteiger partial charge in [0.1, 0.15) is 0 Å². The van der Waals surface area contributed by atoms with Crippen molar-refractivity contribution in [2.75, 3.05) is 0 Å². The van der Waals surface area contributed by atoms with E-state index in [1.165, 1.54) is 63.7 Å². The van der Waals surface area contributed by atoms with Gasteiger partial charge in [0, 0.05) is 96.9 Å². The monoisotopic (exact) mass is 1940 g/mol. The molecule has 13 heteroatoms. The van der Waals surface area contributed by atoms with Crippen LogP contribution in [0.1, 0.15) is 0 Å². The van der Waals surface area contributed by atoms with E-state index >= 15 is 0 Å². The number of halogens is 4. The fourth-order valence-corrected chi connectivity index (χ4v) is 17.9. The summed E-state index contributed by atoms with van der Waals surface area (Å²) in [5.41, 5.74) is 0. The summed E-state index contributed by atoms with van der Waals surface area (Å²) in [6.07, 6.45) is 0. The number of benzene rings is 12. The van der Waals surface area contributed by atoms with Crippen LogP contribution in [-0.4, -0.2) is 7.25 Å². The molecule has 0 N–H and O–H groups in total. The average Bonchev–Trinajstić information content (AvgIpc) is 3.73. The summed E-state index contributed by atoms with van der Waals surface area (Å²) >= 11 is 0. The van der Waals surface area contributed by atoms with Gasteiger partial charge < -0.3 is 17.3 Å². The van der Waals surface area contributed by atoms with Gasteiger partial charge in [0.05, 0.1) is 0 Å². The van der Waals surface area contributed by atoms with Gasteiger partial charge in [-0.15, -0.1) is 0 Å². The maximum atomic E-state index is 9.75. The van der Waals surface area contributed by atoms with Crippen molar-refractivity contribution in [3.05, 3.63) is 371 Å². The number of hydrogen-bond acceptors (Lipinski definition) is 0. The van der Waals surface area contributed by atoms with Crippen LogP contribution in [0.3, 0.4) is 0 Å². The molecule has 12 rings (SSSR count). The van der Waals surface area contributed by atoms with Crippen LogP contribution >= 0.6 is 31.7 Å². The van der Waals surface area contributed by atoms with Crippen LogP contribution in [0.2, 0.25) is 0 Å². The molecule has 86 heavy (non-hydrogen) atoms. The Labute approximate surface area is 575 Å². The summed E-state index contributed by atoms with van der Waals surface area (Å²) in [5, 5.41) is 16.8. The number of rotatable bonds is 12. The van der Waals surface area contributed by atoms with Gasteiger partial charge in [-0.3, -0.25) is 0 Å². The first-order valence-corrected chi connectivity index (χ1v) is 31.9. The second-order valence-corrected chi connectivity index (χ2v) is 26.7. The first-order valence-electron chi connectivity index (χ1n) is 26.5. The van der Waals surface area contributed by atoms with E-state index in [2.05, 4.69) is 364 Å². The van der Waals surface area contributed by atoms with Crippen LogP contribution in [-0.2, 0) is 89.5 Å². The minimum Gasteiger partial charge on any atom is -0.418 e. The van der Waals surface area contributed by atoms with Gasteiger partial charge in [-0.1, -0.05) is 364 Å². The molecule has 0 aliphatic heterocycles. The molecular formula is C73H63Au4BF4P4. The summed E-state index contributed by atoms with van der Waals surface area (Å²) in [6.45, 7) is 0. The van der Waals surface area contributed by atoms with Gasteiger partial charge in [-0.25, -0.2) is 0 Å². The third kappa shape index (κ3) is 24.9. The van der Waals surface area contributed by atoms with Crippen molar-refractivity contribution in [1.29, 1.82) is 0 Å². The Morgan fingerprint density at radius 2 is 0.209 bits per heavy atom. The van der Waals surface area contributed by atoms with Gasteiger partial charge in [0.25, 0.3) is 0 Å². The molecule has 0 nitrogen and oxygen atoms in total. The molecule has 0 aromatic heterocycles. The molecule has 12 aromatic carbocycles. The van der Waals surface area contributed by atoms with Crippen molar-refractivity contribution in [3.8, 4) is 0 Å². The van der Waals surface area contributed by atoms with Crippen molar-refractivity contribution >= 4 is 103 Å². The molecule has 0 heterocycles. The smallest absolute Gasteiger partial charge is 0.418 e. The molecule has 450 valence electrons. The van der Waals surface area contributed by atoms with Crippen LogP contribution < -0.4 is 63.7 Å². The van der Waals surface area contributed by atoms with E-state index < -0.39 is 38.9 Å². The van der Waals surface area contributed by atoms with Crippen molar-refractivity contribution < 1.29 is 107 Å². The zero-order chi connectivity index (χ0) is 56.2. The van der Waals surface area contributed by atoms with Crippen molar-refractivity contribution in [2.24, 2.45) is 0 Å². The minimum atomic E-state index is -6.00. The molecule has 12 aromatic rings. The molecule has 0 saturated carbocycles. The quantitative estimate of drug-likeness (QED) is 0.0495. The first-order chi connectivity index (χ1) is 39.8. The second-order valence-electron chi connectivity index (χ2n) is 17.9. The van der Waals surface area contributed by atoms with Crippen molar-refractivity contribution in [3.63, 3.8) is 0 Å². The maximum absolute atomic E-state index is 9.75. The van der Waals surface area contributed by atoms with Crippen molar-refractivity contribution in [1.82, 2.24) is 0 Å². The second kappa shape index (κ2) is 42.0. The van der Waals surface area contributed by atoms with Crippen LogP contribution in [0.5, 0.6) is 0 Å². The molecule has 4 radical (unpaired) electrons. The normalized spacial score (nSPS) is 10.0. The Kier molecular flexibility index (Phi) is 36.7. The Balaban J connectivity index is 0.000000287. The average molecular weight is 1940 g/mol. The van der Waals surface area contributed by atoms with E-state index in [0.29, 0.717) is 0 Å². The van der Waals surface area contributed by atoms with Crippen LogP contribution in [0.25, 0.3) is 0 Å². The molecule has 0 spiro atoms. The zero-order valence-corrected chi connectivity index (χ0v) is 59.0. The SMILES string of the molecule is F[B-](F)(F)F.[Au].[Au].[Au].[Au].[CH3+].c1ccc(P(c2ccccc2)c2ccccc2)cc1.c1ccc(P(c2ccccc2)c2ccccc2)cc1.c1ccc(P(c2ccccc2)c2ccccc2)cc1.c1ccc(P(c2ccccc2)c2ccccc2)cc1. The van der Waals surface area contributed by atoms with E-state index in [0.717, 1.165) is 0 Å². The van der Waals surface area contributed by atoms with Gasteiger partial charge >= 0.3 is 7.25 Å². The molecule has 0 unspecified atom stereocenters. The fourth-order valence-electron chi connectivity index (χ4n) is 8.71. The standard InChI is InChI=1S/4C18H15P.CH3.4Au.BF4/c4*1-4-10-16(11-5-1)19(17-12-6-2-7-13-17)18-14-8-3-9-15-18;;;;;;2-1(3,4)5/h4*1-15H;1H3;;;;;/q;;;;+1;;;;;-1. The largest absolute Gasteiger partial charge is 0.673 e. The Hall–Kier alpha value is -5.02. The molecule has 0 amide bonds. The van der Waals surface area contributed by atoms with Gasteiger partial charge in [0.2, 0.25) is 0 Å². The van der Waals surface area contributed by atoms with E-state index in [1.807, 2.05) is 0 Å². The Morgan fingerprint density at radius 3 is 0.267 bits per heavy atom. The molecule has 0 atom stereocenters. The predicted octanol–water partition coefficient (Wildman–Crippen LogP) is 15.5. The molecule has 0 aliphatic carbocycles. The summed E-state index contributed by atoms with van der Waals surface area (Å²) in [4.78, 5) is 0. The Bertz CT molecular complexity index is 2720. The summed E-state index contributed by atoms with van der Waals surface area (Å²) in [6, 6.07) is 129. The summed E-state index contributed by atoms with van der Waals surface area (Å²) in [7, 11) is -7.78. The third-order valence-corrected chi connectivity index (χ3v) is 21.9. The van der Waals surface area contributed by atoms with Crippen LogP contribution in [0, 0.1) is 7.43 Å². The topological polar surface area (TPSA) is 0 Å². The van der Waals surface area contributed by atoms with E-state index in [1.54, 1.807) is 0 Å². The zero-order valence-electron chi connectivity index (χ0n) is 46.7. The maximum Gasteiger partial charge on any atom is 0.673 e. The number of hydrogen-bond donors (Lipinski definition) is 0. The minimum absolute atomic E-state index is 0. The third-order valence-electron chi connectivity index (χ3n) is 12.2. The van der Waals surface area contributed by atoms with E-state index in [9.17, 15) is 17.3 Å². The molecule has 0 bridgehead atoms. The van der Waals surface area contributed by atoms with E-state index in [-0.39, 0.29) is 96.9 Å². The van der Waals surface area contributed by atoms with Crippen molar-refractivity contribution in [2.45, 2.75) is 0 Å². The summed E-state index contributed by atoms with van der Waals surface area (Å²) in [5.74, 6) is 0. The first kappa shape index (κ1) is 75.2. The molecule has 0 fully saturated rings. The van der Waals surface area contributed by atoms with Crippen LogP contribution in [0.4, 0.5) is 17.3 Å². The molecule has 0 saturated heterocycles. The summed E-state index contributed by atoms with van der Waals surface area (Å²) < 4.78 is 39.0. The molecular weight excluding hydrogens is 1880 g/mol. The Morgan fingerprint density at radius 1 is 0.151 bits per heavy atom. The van der Waals surface area contributed by atoms with E-state index in [4.69, 9.17) is 0 Å². The van der Waals surface area contributed by atoms with Gasteiger partial charge in [-0.2, -0.15) is 0 Å². The van der Waals surface area contributed by atoms with Gasteiger partial charge in [0.15, 0.2) is 0 Å². The van der Waals surface area contributed by atoms with Gasteiger partial charge in [-0.05, 0) is 95.3 Å². The molecule has 0 aliphatic rings. The van der Waals surface area contributed by atoms with Crippen LogP contribution in [0.15, 0.2) is 364 Å².